The Hall–Kier alpha value is -1.67. The summed E-state index contributed by atoms with van der Waals surface area (Å²) in [6.07, 6.45) is 5.15. The lowest BCUT2D eigenvalue weighted by atomic mass is 9.84. The Labute approximate surface area is 180 Å². The first-order chi connectivity index (χ1) is 14.4. The van der Waals surface area contributed by atoms with Crippen molar-refractivity contribution in [3.8, 4) is 0 Å². The van der Waals surface area contributed by atoms with Crippen LogP contribution in [-0.4, -0.2) is 90.9 Å². The highest BCUT2D eigenvalue weighted by Crippen LogP contribution is 2.49. The Morgan fingerprint density at radius 3 is 2.13 bits per heavy atom. The molecule has 2 bridgehead atoms. The fraction of sp³-hybridized carbons (Fsp3) is 0.864. The van der Waals surface area contributed by atoms with E-state index in [2.05, 4.69) is 22.5 Å². The molecule has 3 rings (SSSR count). The predicted octanol–water partition coefficient (Wildman–Crippen LogP) is 1.12. The molecule has 2 aliphatic carbocycles. The highest BCUT2D eigenvalue weighted by atomic mass is 16.2. The van der Waals surface area contributed by atoms with Gasteiger partial charge < -0.3 is 10.2 Å². The van der Waals surface area contributed by atoms with Crippen molar-refractivity contribution in [2.45, 2.75) is 52.5 Å². The molecule has 4 unspecified atom stereocenters. The van der Waals surface area contributed by atoms with Gasteiger partial charge in [0.15, 0.2) is 0 Å². The van der Waals surface area contributed by atoms with Crippen molar-refractivity contribution in [1.29, 1.82) is 0 Å². The minimum atomic E-state index is -0.376. The van der Waals surface area contributed by atoms with Crippen LogP contribution in [0.1, 0.15) is 46.5 Å². The van der Waals surface area contributed by atoms with E-state index in [0.29, 0.717) is 12.5 Å². The van der Waals surface area contributed by atoms with Crippen LogP contribution in [0.3, 0.4) is 0 Å². The zero-order chi connectivity index (χ0) is 21.7. The second-order valence-electron chi connectivity index (χ2n) is 9.27. The van der Waals surface area contributed by atoms with Crippen LogP contribution in [0.4, 0.5) is 4.79 Å². The van der Waals surface area contributed by atoms with Gasteiger partial charge in [-0.1, -0.05) is 6.42 Å². The van der Waals surface area contributed by atoms with Crippen molar-refractivity contribution in [2.75, 3.05) is 52.4 Å². The number of piperazine rings is 1. The predicted molar refractivity (Wildman–Crippen MR) is 116 cm³/mol. The topological polar surface area (TPSA) is 85.0 Å². The number of urea groups is 1. The molecule has 0 aromatic rings. The molecule has 30 heavy (non-hydrogen) atoms. The molecule has 2 saturated carbocycles. The number of fused-ring (bicyclic) bond motifs is 2. The van der Waals surface area contributed by atoms with E-state index in [1.807, 2.05) is 23.6 Å². The van der Waals surface area contributed by atoms with Gasteiger partial charge in [-0.2, -0.15) is 0 Å². The summed E-state index contributed by atoms with van der Waals surface area (Å²) in [6.45, 7) is 11.1. The molecule has 3 fully saturated rings. The Morgan fingerprint density at radius 1 is 0.967 bits per heavy atom. The third-order valence-corrected chi connectivity index (χ3v) is 7.35. The lowest BCUT2D eigenvalue weighted by Gasteiger charge is -2.34. The van der Waals surface area contributed by atoms with Crippen LogP contribution in [0, 0.1) is 17.8 Å². The summed E-state index contributed by atoms with van der Waals surface area (Å²) in [4.78, 5) is 42.8. The summed E-state index contributed by atoms with van der Waals surface area (Å²) in [5, 5.41) is 5.48. The minimum Gasteiger partial charge on any atom is -0.342 e. The molecule has 1 saturated heterocycles. The first-order valence-corrected chi connectivity index (χ1v) is 11.7. The fourth-order valence-electron chi connectivity index (χ4n) is 5.60. The van der Waals surface area contributed by atoms with Crippen LogP contribution in [0.5, 0.6) is 0 Å². The van der Waals surface area contributed by atoms with Crippen LogP contribution in [0.2, 0.25) is 0 Å². The average molecular weight is 422 g/mol. The maximum atomic E-state index is 12.3. The Morgan fingerprint density at radius 2 is 1.60 bits per heavy atom. The summed E-state index contributed by atoms with van der Waals surface area (Å²) < 4.78 is 0. The van der Waals surface area contributed by atoms with Gasteiger partial charge in [0.1, 0.15) is 0 Å². The Kier molecular flexibility index (Phi) is 8.11. The van der Waals surface area contributed by atoms with Crippen molar-refractivity contribution in [3.05, 3.63) is 0 Å². The molecule has 8 nitrogen and oxygen atoms in total. The largest absolute Gasteiger partial charge is 0.342 e. The zero-order valence-electron chi connectivity index (χ0n) is 18.9. The van der Waals surface area contributed by atoms with Gasteiger partial charge in [0, 0.05) is 45.3 Å². The molecular formula is C22H39N5O3. The monoisotopic (exact) mass is 421 g/mol. The van der Waals surface area contributed by atoms with Gasteiger partial charge in [0.2, 0.25) is 11.8 Å². The number of imide groups is 1. The highest BCUT2D eigenvalue weighted by Gasteiger charge is 2.42. The molecule has 0 spiro atoms. The van der Waals surface area contributed by atoms with Crippen molar-refractivity contribution in [3.63, 3.8) is 0 Å². The highest BCUT2D eigenvalue weighted by molar-refractivity contribution is 5.95. The van der Waals surface area contributed by atoms with Gasteiger partial charge in [-0.05, 0) is 57.8 Å². The van der Waals surface area contributed by atoms with Gasteiger partial charge in [-0.25, -0.2) is 4.79 Å². The molecule has 4 atom stereocenters. The van der Waals surface area contributed by atoms with Gasteiger partial charge >= 0.3 is 6.03 Å². The number of carbonyl (C=O) groups is 3. The normalized spacial score (nSPS) is 27.6. The fourth-order valence-corrected chi connectivity index (χ4v) is 5.60. The first-order valence-electron chi connectivity index (χ1n) is 11.7. The molecule has 8 heteroatoms. The number of rotatable bonds is 8. The van der Waals surface area contributed by atoms with Gasteiger partial charge in [0.05, 0.1) is 13.1 Å². The van der Waals surface area contributed by atoms with E-state index >= 15 is 0 Å². The molecule has 170 valence electrons. The maximum Gasteiger partial charge on any atom is 0.321 e. The first kappa shape index (κ1) is 23.0. The van der Waals surface area contributed by atoms with E-state index < -0.39 is 0 Å². The minimum absolute atomic E-state index is 0.111. The molecule has 1 heterocycles. The van der Waals surface area contributed by atoms with E-state index in [9.17, 15) is 14.4 Å². The second-order valence-corrected chi connectivity index (χ2v) is 9.27. The number of hydrogen-bond acceptors (Lipinski definition) is 5. The number of hydrogen-bond donors (Lipinski definition) is 2. The third-order valence-electron chi connectivity index (χ3n) is 7.35. The molecule has 0 aromatic carbocycles. The van der Waals surface area contributed by atoms with Crippen molar-refractivity contribution in [2.24, 2.45) is 17.8 Å². The number of amides is 4. The molecule has 0 radical (unpaired) electrons. The third kappa shape index (κ3) is 5.94. The summed E-state index contributed by atoms with van der Waals surface area (Å²) >= 11 is 0. The molecular weight excluding hydrogens is 382 g/mol. The Balaban J connectivity index is 1.32. The van der Waals surface area contributed by atoms with Crippen LogP contribution < -0.4 is 10.6 Å². The van der Waals surface area contributed by atoms with Crippen LogP contribution in [-0.2, 0) is 9.59 Å². The molecule has 4 amide bonds. The number of nitrogens with zero attached hydrogens (tertiary/aromatic N) is 3. The van der Waals surface area contributed by atoms with Gasteiger partial charge in [0.25, 0.3) is 0 Å². The molecule has 0 aromatic heterocycles. The SMILES string of the molecule is CCN(CC)C(=O)CN1CCN(CC(=O)NC(=O)NC(C)C2CC3CCC2C3)CC1. The second kappa shape index (κ2) is 10.6. The molecule has 1 aliphatic heterocycles. The lowest BCUT2D eigenvalue weighted by Crippen LogP contribution is -2.53. The van der Waals surface area contributed by atoms with E-state index in [0.717, 1.165) is 51.1 Å². The molecule has 3 aliphatic rings. The van der Waals surface area contributed by atoms with Gasteiger partial charge in [-0.15, -0.1) is 0 Å². The number of nitrogens with one attached hydrogen (secondary N) is 2. The van der Waals surface area contributed by atoms with Crippen LogP contribution in [0.25, 0.3) is 0 Å². The summed E-state index contributed by atoms with van der Waals surface area (Å²) in [5.74, 6) is 2.03. The van der Waals surface area contributed by atoms with E-state index in [1.54, 1.807) is 0 Å². The van der Waals surface area contributed by atoms with E-state index in [4.69, 9.17) is 0 Å². The standard InChI is InChI=1S/C22H39N5O3/c1-4-27(5-2)21(29)15-26-10-8-25(9-11-26)14-20(28)24-22(30)23-16(3)19-13-17-6-7-18(19)12-17/h16-19H,4-15H2,1-3H3,(H2,23,24,28,30). The van der Waals surface area contributed by atoms with Crippen molar-refractivity contribution >= 4 is 17.8 Å². The van der Waals surface area contributed by atoms with Crippen LogP contribution in [0.15, 0.2) is 0 Å². The average Bonchev–Trinajstić information content (AvgIpc) is 3.34. The summed E-state index contributed by atoms with van der Waals surface area (Å²) in [6, 6.07) is -0.265. The van der Waals surface area contributed by atoms with Crippen LogP contribution >= 0.6 is 0 Å². The number of carbonyl (C=O) groups excluding carboxylic acids is 3. The Bertz CT molecular complexity index is 616. The van der Waals surface area contributed by atoms with E-state index in [-0.39, 0.29) is 30.4 Å². The summed E-state index contributed by atoms with van der Waals surface area (Å²) in [7, 11) is 0. The van der Waals surface area contributed by atoms with Crippen molar-refractivity contribution < 1.29 is 14.4 Å². The van der Waals surface area contributed by atoms with E-state index in [1.165, 1.54) is 25.7 Å². The number of likely N-dealkylation sites (N-methyl/N-ethyl adjacent to an activating group) is 1. The quantitative estimate of drug-likeness (QED) is 0.614. The zero-order valence-corrected chi connectivity index (χ0v) is 18.9. The summed E-state index contributed by atoms with van der Waals surface area (Å²) in [5.41, 5.74) is 0. The molecule has 2 N–H and O–H groups in total. The smallest absolute Gasteiger partial charge is 0.321 e. The van der Waals surface area contributed by atoms with Gasteiger partial charge in [-0.3, -0.25) is 24.7 Å². The maximum absolute atomic E-state index is 12.3. The van der Waals surface area contributed by atoms with Crippen molar-refractivity contribution in [1.82, 2.24) is 25.3 Å². The lowest BCUT2D eigenvalue weighted by molar-refractivity contribution is -0.132.